The Hall–Kier alpha value is -2.59. The molecule has 2 amide bonds. The number of hydrogen-bond acceptors (Lipinski definition) is 7. The number of nitrogens with zero attached hydrogens (tertiary/aromatic N) is 2. The lowest BCUT2D eigenvalue weighted by Crippen LogP contribution is -2.32. The number of aromatic nitrogens is 1. The third-order valence-electron chi connectivity index (χ3n) is 5.96. The van der Waals surface area contributed by atoms with Crippen LogP contribution in [0.5, 0.6) is 0 Å². The second-order valence-corrected chi connectivity index (χ2v) is 11.0. The number of anilines is 1. The van der Waals surface area contributed by atoms with E-state index in [9.17, 15) is 19.2 Å². The summed E-state index contributed by atoms with van der Waals surface area (Å²) >= 11 is 14.2. The van der Waals surface area contributed by atoms with Crippen LogP contribution in [0.2, 0.25) is 10.0 Å². The molecule has 7 nitrogen and oxygen atoms in total. The average Bonchev–Trinajstić information content (AvgIpc) is 3.27. The number of halogens is 2. The lowest BCUT2D eigenvalue weighted by Gasteiger charge is -2.30. The first-order chi connectivity index (χ1) is 16.8. The highest BCUT2D eigenvalue weighted by Gasteiger charge is 2.56. The Morgan fingerprint density at radius 3 is 2.23 bits per heavy atom. The number of fused-ring (bicyclic) bond motifs is 2. The third kappa shape index (κ3) is 4.20. The molecule has 5 rings (SSSR count). The summed E-state index contributed by atoms with van der Waals surface area (Å²) in [6.07, 6.45) is 0. The maximum atomic E-state index is 13.7. The van der Waals surface area contributed by atoms with E-state index >= 15 is 0 Å². The molecular formula is C24H18Cl2N2O5S2. The Morgan fingerprint density at radius 1 is 0.971 bits per heavy atom. The van der Waals surface area contributed by atoms with Gasteiger partial charge in [0.2, 0.25) is 11.8 Å². The monoisotopic (exact) mass is 548 g/mol. The molecule has 1 aromatic heterocycles. The molecule has 0 spiro atoms. The summed E-state index contributed by atoms with van der Waals surface area (Å²) < 4.78 is 6.38. The molecule has 1 fully saturated rings. The van der Waals surface area contributed by atoms with Gasteiger partial charge in [0.15, 0.2) is 0 Å². The van der Waals surface area contributed by atoms with Crippen molar-refractivity contribution < 1.29 is 19.1 Å². The minimum absolute atomic E-state index is 0.189. The van der Waals surface area contributed by atoms with Gasteiger partial charge in [-0.1, -0.05) is 58.4 Å². The largest absolute Gasteiger partial charge is 0.465 e. The molecule has 35 heavy (non-hydrogen) atoms. The van der Waals surface area contributed by atoms with E-state index in [2.05, 4.69) is 0 Å². The fraction of sp³-hybridized carbons (Fsp3) is 0.250. The number of benzene rings is 2. The standard InChI is InChI=1S/C24H18Cl2N2O5S2/c1-2-33-16(29)11-27-23-20(35-24(27)32)17(12-3-5-13(25)6-4-12)18-19(34-23)22(31)28(21(18)30)15-9-7-14(26)8-10-15/h3-10,17-19H,2,11H2,1H3. The van der Waals surface area contributed by atoms with Gasteiger partial charge in [0.1, 0.15) is 11.8 Å². The fourth-order valence-corrected chi connectivity index (χ4v) is 7.49. The van der Waals surface area contributed by atoms with E-state index in [1.54, 1.807) is 55.5 Å². The van der Waals surface area contributed by atoms with Crippen molar-refractivity contribution in [1.82, 2.24) is 4.57 Å². The quantitative estimate of drug-likeness (QED) is 0.342. The number of hydrogen-bond donors (Lipinski definition) is 0. The Bertz CT molecular complexity index is 1380. The summed E-state index contributed by atoms with van der Waals surface area (Å²) in [5.74, 6) is -2.55. The van der Waals surface area contributed by atoms with Crippen molar-refractivity contribution in [3.8, 4) is 0 Å². The van der Waals surface area contributed by atoms with Crippen molar-refractivity contribution in [1.29, 1.82) is 0 Å². The number of rotatable bonds is 5. The van der Waals surface area contributed by atoms with Crippen molar-refractivity contribution in [2.75, 3.05) is 11.5 Å². The van der Waals surface area contributed by atoms with Crippen molar-refractivity contribution in [2.24, 2.45) is 5.92 Å². The van der Waals surface area contributed by atoms with Gasteiger partial charge in [0.25, 0.3) is 0 Å². The number of amides is 2. The number of esters is 1. The molecule has 1 saturated heterocycles. The zero-order valence-corrected chi connectivity index (χ0v) is 21.4. The molecular weight excluding hydrogens is 531 g/mol. The molecule has 11 heteroatoms. The van der Waals surface area contributed by atoms with Gasteiger partial charge in [-0.3, -0.25) is 23.7 Å². The Morgan fingerprint density at radius 2 is 1.60 bits per heavy atom. The number of thioether (sulfide) groups is 1. The molecule has 3 unspecified atom stereocenters. The lowest BCUT2D eigenvalue weighted by atomic mass is 9.83. The summed E-state index contributed by atoms with van der Waals surface area (Å²) in [5, 5.41) is 0.756. The van der Waals surface area contributed by atoms with Crippen molar-refractivity contribution in [3.05, 3.63) is 78.7 Å². The van der Waals surface area contributed by atoms with Crippen LogP contribution < -0.4 is 9.77 Å². The summed E-state index contributed by atoms with van der Waals surface area (Å²) in [5.41, 5.74) is 1.19. The average molecular weight is 549 g/mol. The van der Waals surface area contributed by atoms with Crippen LogP contribution >= 0.6 is 46.3 Å². The zero-order valence-electron chi connectivity index (χ0n) is 18.3. The van der Waals surface area contributed by atoms with E-state index in [-0.39, 0.29) is 29.8 Å². The molecule has 2 aromatic carbocycles. The molecule has 0 saturated carbocycles. The predicted octanol–water partition coefficient (Wildman–Crippen LogP) is 4.58. The van der Waals surface area contributed by atoms with Gasteiger partial charge in [-0.15, -0.1) is 0 Å². The zero-order chi connectivity index (χ0) is 24.9. The van der Waals surface area contributed by atoms with Crippen LogP contribution in [0.25, 0.3) is 0 Å². The number of thiazole rings is 1. The molecule has 0 N–H and O–H groups in total. The first-order valence-electron chi connectivity index (χ1n) is 10.7. The van der Waals surface area contributed by atoms with Crippen molar-refractivity contribution >= 4 is 69.8 Å². The van der Waals surface area contributed by atoms with Crippen LogP contribution in [-0.2, 0) is 25.7 Å². The normalized spacial score (nSPS) is 21.1. The second kappa shape index (κ2) is 9.46. The second-order valence-electron chi connectivity index (χ2n) is 8.01. The first kappa shape index (κ1) is 24.1. The van der Waals surface area contributed by atoms with Gasteiger partial charge in [-0.05, 0) is 48.9 Å². The van der Waals surface area contributed by atoms with Gasteiger partial charge < -0.3 is 4.74 Å². The molecule has 3 heterocycles. The highest BCUT2D eigenvalue weighted by molar-refractivity contribution is 8.00. The van der Waals surface area contributed by atoms with Crippen LogP contribution in [0.3, 0.4) is 0 Å². The molecule has 2 aliphatic rings. The predicted molar refractivity (Wildman–Crippen MR) is 136 cm³/mol. The number of imide groups is 1. The van der Waals surface area contributed by atoms with Gasteiger partial charge in [-0.25, -0.2) is 4.90 Å². The Labute approximate surface area is 218 Å². The van der Waals surface area contributed by atoms with Crippen molar-refractivity contribution in [3.63, 3.8) is 0 Å². The molecule has 2 aliphatic heterocycles. The van der Waals surface area contributed by atoms with E-state index < -0.39 is 23.1 Å². The summed E-state index contributed by atoms with van der Waals surface area (Å²) in [6, 6.07) is 13.5. The maximum absolute atomic E-state index is 13.7. The summed E-state index contributed by atoms with van der Waals surface area (Å²) in [4.78, 5) is 53.9. The smallest absolute Gasteiger partial charge is 0.326 e. The summed E-state index contributed by atoms with van der Waals surface area (Å²) in [6.45, 7) is 1.61. The number of carbonyl (C=O) groups is 3. The van der Waals surface area contributed by atoms with Gasteiger partial charge >= 0.3 is 10.8 Å². The van der Waals surface area contributed by atoms with Crippen molar-refractivity contribution in [2.45, 2.75) is 29.7 Å². The van der Waals surface area contributed by atoms with E-state index in [0.29, 0.717) is 25.6 Å². The van der Waals surface area contributed by atoms with E-state index in [1.807, 2.05) is 0 Å². The van der Waals surface area contributed by atoms with Gasteiger partial charge in [-0.2, -0.15) is 0 Å². The van der Waals surface area contributed by atoms with Gasteiger partial charge in [0.05, 0.1) is 23.2 Å². The molecule has 3 aromatic rings. The molecule has 0 aliphatic carbocycles. The fourth-order valence-electron chi connectivity index (χ4n) is 4.46. The molecule has 0 radical (unpaired) electrons. The van der Waals surface area contributed by atoms with E-state index in [0.717, 1.165) is 28.7 Å². The number of ether oxygens (including phenoxy) is 1. The molecule has 0 bridgehead atoms. The van der Waals surface area contributed by atoms with Crippen LogP contribution in [-0.4, -0.2) is 34.2 Å². The topological polar surface area (TPSA) is 85.7 Å². The highest BCUT2D eigenvalue weighted by atomic mass is 35.5. The Balaban J connectivity index is 1.64. The van der Waals surface area contributed by atoms with Crippen LogP contribution in [0, 0.1) is 5.92 Å². The highest BCUT2D eigenvalue weighted by Crippen LogP contribution is 2.53. The minimum Gasteiger partial charge on any atom is -0.465 e. The SMILES string of the molecule is CCOC(=O)Cn1c2c(sc1=O)C(c1ccc(Cl)cc1)C1C(=O)N(c3ccc(Cl)cc3)C(=O)C1S2. The van der Waals surface area contributed by atoms with Crippen LogP contribution in [0.4, 0.5) is 5.69 Å². The Kier molecular flexibility index (Phi) is 6.52. The van der Waals surface area contributed by atoms with E-state index in [4.69, 9.17) is 27.9 Å². The molecule has 3 atom stereocenters. The minimum atomic E-state index is -0.770. The van der Waals surface area contributed by atoms with Crippen LogP contribution in [0.1, 0.15) is 23.3 Å². The lowest BCUT2D eigenvalue weighted by molar-refractivity contribution is -0.144. The number of carbonyl (C=O) groups excluding carboxylic acids is 3. The maximum Gasteiger partial charge on any atom is 0.326 e. The summed E-state index contributed by atoms with van der Waals surface area (Å²) in [7, 11) is 0. The van der Waals surface area contributed by atoms with E-state index in [1.165, 1.54) is 9.47 Å². The third-order valence-corrected chi connectivity index (χ3v) is 9.06. The van der Waals surface area contributed by atoms with Gasteiger partial charge in [0, 0.05) is 20.8 Å². The van der Waals surface area contributed by atoms with Crippen LogP contribution in [0.15, 0.2) is 58.4 Å². The molecule has 180 valence electrons. The first-order valence-corrected chi connectivity index (χ1v) is 13.2.